The molecule has 38 valence electrons. The molecule has 1 nitrogen and oxygen atoms in total. The Morgan fingerprint density at radius 3 is 2.33 bits per heavy atom. The number of aliphatic hydroxyl groups excluding tert-OH is 1. The molecule has 0 spiro atoms. The highest BCUT2D eigenvalue weighted by atomic mass is 32.2. The first-order chi connectivity index (χ1) is 2.81. The van der Waals surface area contributed by atoms with Gasteiger partial charge in [0.05, 0.1) is 6.61 Å². The van der Waals surface area contributed by atoms with E-state index < -0.39 is 0 Å². The normalized spacial score (nSPS) is 14.5. The van der Waals surface area contributed by atoms with Crippen molar-refractivity contribution in [2.75, 3.05) is 12.9 Å². The molecule has 0 heterocycles. The summed E-state index contributed by atoms with van der Waals surface area (Å²) in [5, 5.41) is 8.72. The first kappa shape index (κ1) is 6.31. The van der Waals surface area contributed by atoms with Gasteiger partial charge in [-0.1, -0.05) is 6.92 Å². The van der Waals surface area contributed by atoms with Crippen LogP contribution in [0.25, 0.3) is 0 Å². The molecule has 0 bridgehead atoms. The second-order valence-electron chi connectivity index (χ2n) is 1.23. The van der Waals surface area contributed by atoms with E-state index in [1.54, 1.807) is 11.8 Å². The fourth-order valence-electron chi connectivity index (χ4n) is 0.0745. The predicted octanol–water partition coefficient (Wildman–Crippen LogP) is 0.730. The lowest BCUT2D eigenvalue weighted by molar-refractivity contribution is 0.300. The predicted molar refractivity (Wildman–Crippen MR) is 30.1 cm³/mol. The summed E-state index contributed by atoms with van der Waals surface area (Å²) in [6.07, 6.45) is 1.99. The van der Waals surface area contributed by atoms with Crippen molar-refractivity contribution in [3.63, 3.8) is 0 Å². The van der Waals surface area contributed by atoms with Gasteiger partial charge in [0.15, 0.2) is 0 Å². The minimum atomic E-state index is 0.293. The average Bonchev–Trinajstić information content (AvgIpc) is 1.65. The van der Waals surface area contributed by atoms with E-state index in [0.717, 1.165) is 0 Å². The number of aliphatic hydroxyl groups is 1. The van der Waals surface area contributed by atoms with Crippen LogP contribution in [0.2, 0.25) is 0 Å². The first-order valence-electron chi connectivity index (χ1n) is 1.95. The van der Waals surface area contributed by atoms with Crippen LogP contribution >= 0.6 is 11.8 Å². The third kappa shape index (κ3) is 2.54. The molecule has 0 fully saturated rings. The summed E-state index contributed by atoms with van der Waals surface area (Å²) in [5.41, 5.74) is 0. The quantitative estimate of drug-likeness (QED) is 0.560. The van der Waals surface area contributed by atoms with Crippen molar-refractivity contribution in [1.82, 2.24) is 0 Å². The van der Waals surface area contributed by atoms with Gasteiger partial charge in [-0.05, 0) is 6.26 Å². The van der Waals surface area contributed by atoms with E-state index in [2.05, 4.69) is 0 Å². The van der Waals surface area contributed by atoms with Gasteiger partial charge in [-0.3, -0.25) is 0 Å². The third-order valence-electron chi connectivity index (χ3n) is 0.659. The maximum atomic E-state index is 8.31. The number of rotatable bonds is 2. The highest BCUT2D eigenvalue weighted by Crippen LogP contribution is 2.01. The molecule has 0 amide bonds. The van der Waals surface area contributed by atoms with Crippen LogP contribution in [-0.4, -0.2) is 23.2 Å². The average molecular weight is 106 g/mol. The van der Waals surface area contributed by atoms with Crippen LogP contribution in [0.3, 0.4) is 0 Å². The Hall–Kier alpha value is 0.310. The van der Waals surface area contributed by atoms with Crippen molar-refractivity contribution >= 4 is 11.8 Å². The summed E-state index contributed by atoms with van der Waals surface area (Å²) in [6, 6.07) is 0. The Morgan fingerprint density at radius 1 is 1.83 bits per heavy atom. The zero-order valence-corrected chi connectivity index (χ0v) is 4.96. The van der Waals surface area contributed by atoms with E-state index in [0.29, 0.717) is 11.9 Å². The highest BCUT2D eigenvalue weighted by Gasteiger charge is 1.90. The largest absolute Gasteiger partial charge is 0.395 e. The molecule has 0 aromatic heterocycles. The molecule has 0 saturated heterocycles. The lowest BCUT2D eigenvalue weighted by atomic mass is 10.5. The molecule has 6 heavy (non-hydrogen) atoms. The van der Waals surface area contributed by atoms with Crippen molar-refractivity contribution in [3.05, 3.63) is 0 Å². The maximum absolute atomic E-state index is 8.31. The van der Waals surface area contributed by atoms with Gasteiger partial charge in [0.1, 0.15) is 0 Å². The lowest BCUT2D eigenvalue weighted by Gasteiger charge is -1.98. The van der Waals surface area contributed by atoms with Crippen LogP contribution < -0.4 is 0 Å². The van der Waals surface area contributed by atoms with E-state index >= 15 is 0 Å². The smallest absolute Gasteiger partial charge is 0.0547 e. The van der Waals surface area contributed by atoms with Crippen LogP contribution in [-0.2, 0) is 0 Å². The van der Waals surface area contributed by atoms with Gasteiger partial charge in [0.2, 0.25) is 0 Å². The van der Waals surface area contributed by atoms with Crippen molar-refractivity contribution in [1.29, 1.82) is 0 Å². The second kappa shape index (κ2) is 3.50. The molecular weight excluding hydrogens is 96.1 g/mol. The van der Waals surface area contributed by atoms with Gasteiger partial charge in [0.25, 0.3) is 0 Å². The van der Waals surface area contributed by atoms with Gasteiger partial charge in [-0.25, -0.2) is 0 Å². The van der Waals surface area contributed by atoms with E-state index in [4.69, 9.17) is 5.11 Å². The van der Waals surface area contributed by atoms with Gasteiger partial charge in [-0.2, -0.15) is 11.8 Å². The first-order valence-corrected chi connectivity index (χ1v) is 3.23. The van der Waals surface area contributed by atoms with E-state index in [-0.39, 0.29) is 0 Å². The minimum Gasteiger partial charge on any atom is -0.395 e. The summed E-state index contributed by atoms with van der Waals surface area (Å²) in [4.78, 5) is 0. The molecule has 0 aliphatic heterocycles. The molecule has 0 aliphatic carbocycles. The molecule has 2 heteroatoms. The second-order valence-corrected chi connectivity index (χ2v) is 2.51. The van der Waals surface area contributed by atoms with Crippen molar-refractivity contribution in [2.45, 2.75) is 12.2 Å². The van der Waals surface area contributed by atoms with Gasteiger partial charge in [-0.15, -0.1) is 0 Å². The molecular formula is C4H10OS. The molecule has 1 N–H and O–H groups in total. The molecule has 0 aromatic carbocycles. The number of hydrogen-bond acceptors (Lipinski definition) is 2. The topological polar surface area (TPSA) is 20.2 Å². The summed E-state index contributed by atoms with van der Waals surface area (Å²) in [6.45, 7) is 2.28. The standard InChI is InChI=1S/C4H10OS/c1-4(3-5)6-2/h4-5H,3H2,1-2H3. The third-order valence-corrected chi connectivity index (χ3v) is 1.61. The summed E-state index contributed by atoms with van der Waals surface area (Å²) >= 11 is 1.67. The van der Waals surface area contributed by atoms with Crippen LogP contribution in [0.5, 0.6) is 0 Å². The van der Waals surface area contributed by atoms with Gasteiger partial charge < -0.3 is 5.11 Å². The Kier molecular flexibility index (Phi) is 3.68. The molecule has 0 radical (unpaired) electrons. The molecule has 1 unspecified atom stereocenters. The molecule has 1 atom stereocenters. The van der Waals surface area contributed by atoms with Crippen LogP contribution in [0, 0.1) is 0 Å². The minimum absolute atomic E-state index is 0.293. The Bertz CT molecular complexity index is 26.7. The molecule has 0 rings (SSSR count). The van der Waals surface area contributed by atoms with E-state index in [9.17, 15) is 0 Å². The number of thioether (sulfide) groups is 1. The van der Waals surface area contributed by atoms with Gasteiger partial charge >= 0.3 is 0 Å². The monoisotopic (exact) mass is 106 g/mol. The van der Waals surface area contributed by atoms with E-state index in [1.807, 2.05) is 13.2 Å². The summed E-state index contributed by atoms with van der Waals surface area (Å²) in [5.74, 6) is 0. The van der Waals surface area contributed by atoms with E-state index in [1.165, 1.54) is 0 Å². The van der Waals surface area contributed by atoms with Crippen LogP contribution in [0.4, 0.5) is 0 Å². The van der Waals surface area contributed by atoms with Crippen LogP contribution in [0.1, 0.15) is 6.92 Å². The lowest BCUT2D eigenvalue weighted by Crippen LogP contribution is -1.99. The molecule has 0 aliphatic rings. The fraction of sp³-hybridized carbons (Fsp3) is 1.00. The van der Waals surface area contributed by atoms with Crippen LogP contribution in [0.15, 0.2) is 0 Å². The zero-order valence-electron chi connectivity index (χ0n) is 4.14. The summed E-state index contributed by atoms with van der Waals surface area (Å²) < 4.78 is 0. The van der Waals surface area contributed by atoms with Crippen molar-refractivity contribution < 1.29 is 5.11 Å². The Labute approximate surface area is 42.8 Å². The molecule has 0 aromatic rings. The van der Waals surface area contributed by atoms with Gasteiger partial charge in [0, 0.05) is 5.25 Å². The van der Waals surface area contributed by atoms with Crippen molar-refractivity contribution in [3.8, 4) is 0 Å². The Morgan fingerprint density at radius 2 is 2.33 bits per heavy atom. The Balaban J connectivity index is 2.75. The summed E-state index contributed by atoms with van der Waals surface area (Å²) in [7, 11) is 0. The highest BCUT2D eigenvalue weighted by molar-refractivity contribution is 7.99. The maximum Gasteiger partial charge on any atom is 0.0547 e. The zero-order chi connectivity index (χ0) is 4.99. The number of hydrogen-bond donors (Lipinski definition) is 1. The fourth-order valence-corrected chi connectivity index (χ4v) is 0.224. The molecule has 0 saturated carbocycles. The SMILES string of the molecule is CSC(C)CO. The van der Waals surface area contributed by atoms with Crippen molar-refractivity contribution in [2.24, 2.45) is 0 Å².